The molecule has 10 heteroatoms. The van der Waals surface area contributed by atoms with Gasteiger partial charge in [-0.25, -0.2) is 0 Å². The molecule has 1 heterocycles. The molecule has 0 saturated carbocycles. The molecule has 0 aromatic heterocycles. The van der Waals surface area contributed by atoms with E-state index in [9.17, 15) is 23.3 Å². The number of ether oxygens (including phenoxy) is 2. The predicted octanol–water partition coefficient (Wildman–Crippen LogP) is 2.26. The summed E-state index contributed by atoms with van der Waals surface area (Å²) in [5, 5.41) is 14.0. The Morgan fingerprint density at radius 3 is 2.77 bits per heavy atom. The van der Waals surface area contributed by atoms with Crippen LogP contribution in [-0.2, 0) is 0 Å². The molecule has 1 N–H and O–H groups in total. The van der Waals surface area contributed by atoms with Crippen LogP contribution in [0.5, 0.6) is 11.5 Å². The minimum absolute atomic E-state index is 0.0101. The van der Waals surface area contributed by atoms with Crippen molar-refractivity contribution in [3.8, 4) is 11.5 Å². The zero-order valence-corrected chi connectivity index (χ0v) is 11.4. The van der Waals surface area contributed by atoms with Crippen LogP contribution in [0.25, 0.3) is 0 Å². The fourth-order valence-electron chi connectivity index (χ4n) is 1.82. The van der Waals surface area contributed by atoms with Crippen LogP contribution in [0.15, 0.2) is 23.2 Å². The fourth-order valence-corrected chi connectivity index (χ4v) is 1.82. The number of halogens is 3. The summed E-state index contributed by atoms with van der Waals surface area (Å²) in [7, 11) is 0. The summed E-state index contributed by atoms with van der Waals surface area (Å²) in [6, 6.07) is 2.67. The van der Waals surface area contributed by atoms with E-state index in [4.69, 9.17) is 4.74 Å². The first-order valence-electron chi connectivity index (χ1n) is 6.14. The van der Waals surface area contributed by atoms with Gasteiger partial charge >= 0.3 is 12.0 Å². The second-order valence-electron chi connectivity index (χ2n) is 4.69. The zero-order valence-electron chi connectivity index (χ0n) is 11.4. The second-order valence-corrected chi connectivity index (χ2v) is 4.69. The minimum Gasteiger partial charge on any atom is -0.483 e. The van der Waals surface area contributed by atoms with Gasteiger partial charge in [0, 0.05) is 12.8 Å². The summed E-state index contributed by atoms with van der Waals surface area (Å²) >= 11 is 0. The van der Waals surface area contributed by atoms with Crippen LogP contribution in [0.4, 0.5) is 18.9 Å². The number of nitrogens with one attached hydrogen (secondary N) is 1. The highest BCUT2D eigenvalue weighted by Gasteiger charge is 2.33. The molecule has 0 saturated heterocycles. The van der Waals surface area contributed by atoms with E-state index >= 15 is 0 Å². The number of hydrogen-bond acceptors (Lipinski definition) is 6. The molecule has 7 nitrogen and oxygen atoms in total. The Bertz CT molecular complexity index is 606. The van der Waals surface area contributed by atoms with Crippen molar-refractivity contribution < 1.29 is 27.6 Å². The first kappa shape index (κ1) is 16.0. The SMILES string of the molecule is CC1(COc2ccc(OC(F)(F)F)cc2[N+](=O)[O-])N=CCN1. The number of rotatable bonds is 5. The first-order chi connectivity index (χ1) is 10.2. The van der Waals surface area contributed by atoms with Crippen LogP contribution < -0.4 is 14.8 Å². The van der Waals surface area contributed by atoms with Gasteiger partial charge in [-0.3, -0.25) is 20.4 Å². The fraction of sp³-hybridized carbons (Fsp3) is 0.417. The van der Waals surface area contributed by atoms with Crippen molar-refractivity contribution in [2.24, 2.45) is 4.99 Å². The van der Waals surface area contributed by atoms with Gasteiger partial charge < -0.3 is 9.47 Å². The van der Waals surface area contributed by atoms with Crippen LogP contribution in [0.2, 0.25) is 0 Å². The van der Waals surface area contributed by atoms with E-state index in [-0.39, 0.29) is 12.4 Å². The molecule has 1 unspecified atom stereocenters. The third kappa shape index (κ3) is 4.07. The van der Waals surface area contributed by atoms with E-state index in [1.807, 2.05) is 0 Å². The molecule has 1 aliphatic heterocycles. The molecule has 2 rings (SSSR count). The Labute approximate surface area is 122 Å². The largest absolute Gasteiger partial charge is 0.573 e. The van der Waals surface area contributed by atoms with E-state index in [1.165, 1.54) is 0 Å². The summed E-state index contributed by atoms with van der Waals surface area (Å²) in [4.78, 5) is 14.2. The molecular formula is C12H12F3N3O4. The number of benzene rings is 1. The molecule has 1 aliphatic rings. The molecule has 120 valence electrons. The molecular weight excluding hydrogens is 307 g/mol. The van der Waals surface area contributed by atoms with Gasteiger partial charge in [0.05, 0.1) is 11.0 Å². The van der Waals surface area contributed by atoms with E-state index in [0.717, 1.165) is 12.1 Å². The standard InChI is InChI=1S/C12H12F3N3O4/c1-11(16-4-5-17-11)7-21-10-3-2-8(22-12(13,14)15)6-9(10)18(19)20/h2-4,6,17H,5,7H2,1H3. The molecule has 22 heavy (non-hydrogen) atoms. The summed E-state index contributed by atoms with van der Waals surface area (Å²) in [5.41, 5.74) is -1.35. The summed E-state index contributed by atoms with van der Waals surface area (Å²) in [6.45, 7) is 2.26. The van der Waals surface area contributed by atoms with Crippen LogP contribution in [0.1, 0.15) is 6.92 Å². The Balaban J connectivity index is 2.16. The topological polar surface area (TPSA) is 86.0 Å². The number of hydrogen-bond donors (Lipinski definition) is 1. The van der Waals surface area contributed by atoms with E-state index in [2.05, 4.69) is 15.0 Å². The highest BCUT2D eigenvalue weighted by Crippen LogP contribution is 2.34. The lowest BCUT2D eigenvalue weighted by Gasteiger charge is -2.21. The third-order valence-corrected chi connectivity index (χ3v) is 2.82. The Morgan fingerprint density at radius 1 is 1.50 bits per heavy atom. The molecule has 1 aromatic carbocycles. The second kappa shape index (κ2) is 5.79. The normalized spacial score (nSPS) is 20.9. The van der Waals surface area contributed by atoms with Crippen LogP contribution in [0.3, 0.4) is 0 Å². The lowest BCUT2D eigenvalue weighted by molar-refractivity contribution is -0.386. The molecule has 0 bridgehead atoms. The van der Waals surface area contributed by atoms with E-state index in [1.54, 1.807) is 13.1 Å². The van der Waals surface area contributed by atoms with Gasteiger partial charge in [0.15, 0.2) is 5.75 Å². The van der Waals surface area contributed by atoms with Gasteiger partial charge in [0.1, 0.15) is 18.0 Å². The Morgan fingerprint density at radius 2 is 2.23 bits per heavy atom. The van der Waals surface area contributed by atoms with Crippen molar-refractivity contribution in [1.82, 2.24) is 5.32 Å². The zero-order chi connectivity index (χ0) is 16.4. The molecule has 1 aromatic rings. The number of nitro groups is 1. The van der Waals surface area contributed by atoms with Crippen molar-refractivity contribution in [2.45, 2.75) is 18.9 Å². The van der Waals surface area contributed by atoms with Crippen LogP contribution in [-0.4, -0.2) is 36.3 Å². The van der Waals surface area contributed by atoms with Crippen molar-refractivity contribution >= 4 is 11.9 Å². The average molecular weight is 319 g/mol. The minimum atomic E-state index is -4.92. The first-order valence-corrected chi connectivity index (χ1v) is 6.14. The molecule has 0 spiro atoms. The van der Waals surface area contributed by atoms with Gasteiger partial charge in [-0.05, 0) is 19.1 Å². The van der Waals surface area contributed by atoms with Crippen molar-refractivity contribution in [3.63, 3.8) is 0 Å². The number of nitro benzene ring substituents is 1. The highest BCUT2D eigenvalue weighted by atomic mass is 19.4. The Kier molecular flexibility index (Phi) is 4.22. The summed E-state index contributed by atoms with van der Waals surface area (Å²) in [5.74, 6) is -0.848. The summed E-state index contributed by atoms with van der Waals surface area (Å²) in [6.07, 6.45) is -3.29. The van der Waals surface area contributed by atoms with Crippen molar-refractivity contribution in [1.29, 1.82) is 0 Å². The number of nitrogens with zero attached hydrogens (tertiary/aromatic N) is 2. The lowest BCUT2D eigenvalue weighted by atomic mass is 10.2. The smallest absolute Gasteiger partial charge is 0.483 e. The maximum atomic E-state index is 12.1. The number of alkyl halides is 3. The van der Waals surface area contributed by atoms with Crippen LogP contribution in [0, 0.1) is 10.1 Å². The van der Waals surface area contributed by atoms with Gasteiger partial charge in [0.2, 0.25) is 0 Å². The van der Waals surface area contributed by atoms with Crippen molar-refractivity contribution in [3.05, 3.63) is 28.3 Å². The summed E-state index contributed by atoms with van der Waals surface area (Å²) < 4.78 is 45.4. The van der Waals surface area contributed by atoms with E-state index < -0.39 is 28.4 Å². The highest BCUT2D eigenvalue weighted by molar-refractivity contribution is 5.63. The van der Waals surface area contributed by atoms with Crippen molar-refractivity contribution in [2.75, 3.05) is 13.2 Å². The Hall–Kier alpha value is -2.36. The van der Waals surface area contributed by atoms with Gasteiger partial charge in [-0.15, -0.1) is 13.2 Å². The molecule has 1 atom stereocenters. The predicted molar refractivity (Wildman–Crippen MR) is 70.2 cm³/mol. The van der Waals surface area contributed by atoms with E-state index in [0.29, 0.717) is 12.6 Å². The maximum absolute atomic E-state index is 12.1. The average Bonchev–Trinajstić information content (AvgIpc) is 2.82. The third-order valence-electron chi connectivity index (χ3n) is 2.82. The van der Waals surface area contributed by atoms with Gasteiger partial charge in [-0.2, -0.15) is 0 Å². The monoisotopic (exact) mass is 319 g/mol. The molecule has 0 amide bonds. The quantitative estimate of drug-likeness (QED) is 0.664. The molecule has 0 aliphatic carbocycles. The number of aliphatic imine (C=N–C) groups is 1. The van der Waals surface area contributed by atoms with Gasteiger partial charge in [-0.1, -0.05) is 0 Å². The maximum Gasteiger partial charge on any atom is 0.573 e. The van der Waals surface area contributed by atoms with Gasteiger partial charge in [0.25, 0.3) is 0 Å². The van der Waals surface area contributed by atoms with Crippen LogP contribution >= 0.6 is 0 Å². The molecule has 0 fully saturated rings. The molecule has 0 radical (unpaired) electrons. The lowest BCUT2D eigenvalue weighted by Crippen LogP contribution is -2.42.